The molecular formula is C13H18FNO3S2. The SMILES string of the molecule is CSC1(CNS(=O)(=O)c2cc(C)c(F)c(CO)c2)CC1. The van der Waals surface area contributed by atoms with E-state index in [1.165, 1.54) is 19.1 Å². The van der Waals surface area contributed by atoms with Gasteiger partial charge in [-0.3, -0.25) is 0 Å². The number of hydrogen-bond acceptors (Lipinski definition) is 4. The first-order chi connectivity index (χ1) is 9.33. The van der Waals surface area contributed by atoms with Crippen molar-refractivity contribution in [3.8, 4) is 0 Å². The summed E-state index contributed by atoms with van der Waals surface area (Å²) < 4.78 is 40.7. The van der Waals surface area contributed by atoms with Crippen molar-refractivity contribution >= 4 is 21.8 Å². The number of aliphatic hydroxyl groups excluding tert-OH is 1. The molecule has 0 aliphatic heterocycles. The van der Waals surface area contributed by atoms with Crippen molar-refractivity contribution in [3.63, 3.8) is 0 Å². The number of rotatable bonds is 6. The first-order valence-electron chi connectivity index (χ1n) is 6.28. The number of benzene rings is 1. The van der Waals surface area contributed by atoms with Crippen LogP contribution in [0, 0.1) is 12.7 Å². The van der Waals surface area contributed by atoms with Gasteiger partial charge in [0.05, 0.1) is 11.5 Å². The molecule has 1 saturated carbocycles. The molecule has 0 aromatic heterocycles. The fourth-order valence-electron chi connectivity index (χ4n) is 1.98. The van der Waals surface area contributed by atoms with Gasteiger partial charge in [-0.05, 0) is 43.7 Å². The summed E-state index contributed by atoms with van der Waals surface area (Å²) in [7, 11) is -3.68. The van der Waals surface area contributed by atoms with Crippen LogP contribution in [0.3, 0.4) is 0 Å². The van der Waals surface area contributed by atoms with Crippen LogP contribution in [0.1, 0.15) is 24.0 Å². The second-order valence-corrected chi connectivity index (χ2v) is 8.12. The standard InChI is InChI=1S/C13H18FNO3S2/c1-9-5-11(6-10(7-16)12(9)14)20(17,18)15-8-13(19-2)3-4-13/h5-6,15-16H,3-4,7-8H2,1-2H3. The molecule has 2 rings (SSSR count). The van der Waals surface area contributed by atoms with Crippen LogP contribution in [0.25, 0.3) is 0 Å². The van der Waals surface area contributed by atoms with Crippen LogP contribution in [-0.4, -0.2) is 31.1 Å². The predicted molar refractivity (Wildman–Crippen MR) is 77.7 cm³/mol. The Morgan fingerprint density at radius 1 is 1.45 bits per heavy atom. The van der Waals surface area contributed by atoms with Crippen LogP contribution in [0.4, 0.5) is 4.39 Å². The smallest absolute Gasteiger partial charge is 0.240 e. The molecule has 0 radical (unpaired) electrons. The number of aliphatic hydroxyl groups is 1. The maximum atomic E-state index is 13.6. The third kappa shape index (κ3) is 3.16. The average molecular weight is 319 g/mol. The number of halogens is 1. The molecule has 0 spiro atoms. The highest BCUT2D eigenvalue weighted by atomic mass is 32.2. The van der Waals surface area contributed by atoms with Gasteiger partial charge in [-0.15, -0.1) is 0 Å². The summed E-state index contributed by atoms with van der Waals surface area (Å²) >= 11 is 1.66. The van der Waals surface area contributed by atoms with E-state index in [1.807, 2.05) is 6.26 Å². The molecule has 1 aliphatic rings. The lowest BCUT2D eigenvalue weighted by atomic mass is 10.1. The number of thioether (sulfide) groups is 1. The maximum absolute atomic E-state index is 13.6. The zero-order valence-corrected chi connectivity index (χ0v) is 13.1. The summed E-state index contributed by atoms with van der Waals surface area (Å²) in [4.78, 5) is -0.00245. The fourth-order valence-corrected chi connectivity index (χ4v) is 4.06. The van der Waals surface area contributed by atoms with Crippen LogP contribution in [0.15, 0.2) is 17.0 Å². The van der Waals surface area contributed by atoms with E-state index < -0.39 is 22.4 Å². The second kappa shape index (κ2) is 5.63. The third-order valence-corrected chi connectivity index (χ3v) is 6.41. The fraction of sp³-hybridized carbons (Fsp3) is 0.538. The molecular weight excluding hydrogens is 301 g/mol. The van der Waals surface area contributed by atoms with E-state index in [-0.39, 0.29) is 20.8 Å². The minimum Gasteiger partial charge on any atom is -0.392 e. The predicted octanol–water partition coefficient (Wildman–Crippen LogP) is 1.80. The van der Waals surface area contributed by atoms with E-state index in [1.54, 1.807) is 11.8 Å². The first kappa shape index (κ1) is 15.8. The van der Waals surface area contributed by atoms with Gasteiger partial charge < -0.3 is 5.11 Å². The maximum Gasteiger partial charge on any atom is 0.240 e. The molecule has 4 nitrogen and oxygen atoms in total. The highest BCUT2D eigenvalue weighted by molar-refractivity contribution is 8.00. The van der Waals surface area contributed by atoms with E-state index in [4.69, 9.17) is 5.11 Å². The topological polar surface area (TPSA) is 66.4 Å². The quantitative estimate of drug-likeness (QED) is 0.839. The minimum absolute atomic E-state index is 0.00245. The van der Waals surface area contributed by atoms with Gasteiger partial charge in [-0.2, -0.15) is 11.8 Å². The van der Waals surface area contributed by atoms with Gasteiger partial charge in [-0.1, -0.05) is 0 Å². The van der Waals surface area contributed by atoms with Gasteiger partial charge in [0.25, 0.3) is 0 Å². The van der Waals surface area contributed by atoms with Gasteiger partial charge in [0, 0.05) is 16.9 Å². The molecule has 0 heterocycles. The van der Waals surface area contributed by atoms with Crippen LogP contribution in [0.2, 0.25) is 0 Å². The normalized spacial score (nSPS) is 17.2. The molecule has 0 unspecified atom stereocenters. The van der Waals surface area contributed by atoms with Gasteiger partial charge in [0.2, 0.25) is 10.0 Å². The lowest BCUT2D eigenvalue weighted by Crippen LogP contribution is -2.32. The zero-order chi connectivity index (χ0) is 15.0. The Bertz CT molecular complexity index is 612. The van der Waals surface area contributed by atoms with E-state index in [2.05, 4.69) is 4.72 Å². The Labute approximate surface area is 122 Å². The van der Waals surface area contributed by atoms with Gasteiger partial charge in [0.1, 0.15) is 5.82 Å². The Kier molecular flexibility index (Phi) is 4.44. The molecule has 2 N–H and O–H groups in total. The molecule has 0 amide bonds. The first-order valence-corrected chi connectivity index (χ1v) is 8.99. The van der Waals surface area contributed by atoms with E-state index >= 15 is 0 Å². The Morgan fingerprint density at radius 3 is 2.60 bits per heavy atom. The van der Waals surface area contributed by atoms with Crippen LogP contribution >= 0.6 is 11.8 Å². The number of aryl methyl sites for hydroxylation is 1. The summed E-state index contributed by atoms with van der Waals surface area (Å²) in [5.41, 5.74) is 0.208. The summed E-state index contributed by atoms with van der Waals surface area (Å²) in [6.45, 7) is 1.34. The van der Waals surface area contributed by atoms with E-state index in [0.29, 0.717) is 6.54 Å². The lowest BCUT2D eigenvalue weighted by Gasteiger charge is -2.14. The molecule has 0 atom stereocenters. The molecule has 7 heteroatoms. The van der Waals surface area contributed by atoms with E-state index in [9.17, 15) is 12.8 Å². The molecule has 0 bridgehead atoms. The van der Waals surface area contributed by atoms with Crippen LogP contribution < -0.4 is 4.72 Å². The third-order valence-electron chi connectivity index (χ3n) is 3.61. The van der Waals surface area contributed by atoms with Crippen molar-refractivity contribution in [2.75, 3.05) is 12.8 Å². The summed E-state index contributed by atoms with van der Waals surface area (Å²) in [5.74, 6) is -0.561. The Hall–Kier alpha value is -0.630. The van der Waals surface area contributed by atoms with Crippen molar-refractivity contribution in [1.82, 2.24) is 4.72 Å². The molecule has 1 aromatic carbocycles. The van der Waals surface area contributed by atoms with Gasteiger partial charge >= 0.3 is 0 Å². The van der Waals surface area contributed by atoms with Gasteiger partial charge in [0.15, 0.2) is 0 Å². The highest BCUT2D eigenvalue weighted by Crippen LogP contribution is 2.46. The number of hydrogen-bond donors (Lipinski definition) is 2. The molecule has 112 valence electrons. The highest BCUT2D eigenvalue weighted by Gasteiger charge is 2.42. The van der Waals surface area contributed by atoms with Gasteiger partial charge in [-0.25, -0.2) is 17.5 Å². The monoisotopic (exact) mass is 319 g/mol. The van der Waals surface area contributed by atoms with Crippen molar-refractivity contribution < 1.29 is 17.9 Å². The van der Waals surface area contributed by atoms with Crippen molar-refractivity contribution in [1.29, 1.82) is 0 Å². The molecule has 1 fully saturated rings. The van der Waals surface area contributed by atoms with Crippen LogP contribution in [0.5, 0.6) is 0 Å². The largest absolute Gasteiger partial charge is 0.392 e. The molecule has 20 heavy (non-hydrogen) atoms. The average Bonchev–Trinajstić information content (AvgIpc) is 3.20. The van der Waals surface area contributed by atoms with Crippen molar-refractivity contribution in [2.24, 2.45) is 0 Å². The summed E-state index contributed by atoms with van der Waals surface area (Å²) in [6.07, 6.45) is 3.97. The summed E-state index contributed by atoms with van der Waals surface area (Å²) in [6, 6.07) is 2.47. The molecule has 1 aliphatic carbocycles. The van der Waals surface area contributed by atoms with Crippen LogP contribution in [-0.2, 0) is 16.6 Å². The molecule has 1 aromatic rings. The van der Waals surface area contributed by atoms with Crippen molar-refractivity contribution in [3.05, 3.63) is 29.1 Å². The van der Waals surface area contributed by atoms with E-state index in [0.717, 1.165) is 12.8 Å². The Balaban J connectivity index is 2.23. The van der Waals surface area contributed by atoms with Crippen molar-refractivity contribution in [2.45, 2.75) is 36.0 Å². The second-order valence-electron chi connectivity index (χ2n) is 5.08. The molecule has 0 saturated heterocycles. The summed E-state index contributed by atoms with van der Waals surface area (Å²) in [5, 5.41) is 9.08. The minimum atomic E-state index is -3.68. The zero-order valence-electron chi connectivity index (χ0n) is 11.4. The Morgan fingerprint density at radius 2 is 2.10 bits per heavy atom. The number of sulfonamides is 1. The lowest BCUT2D eigenvalue weighted by molar-refractivity contribution is 0.275. The number of nitrogens with one attached hydrogen (secondary N) is 1.